The number of hydrogen-bond acceptors (Lipinski definition) is 5. The molecule has 0 saturated carbocycles. The van der Waals surface area contributed by atoms with Gasteiger partial charge in [0, 0.05) is 30.7 Å². The third-order valence-corrected chi connectivity index (χ3v) is 4.44. The minimum Gasteiger partial charge on any atom is -0.378 e. The lowest BCUT2D eigenvalue weighted by Gasteiger charge is -2.11. The van der Waals surface area contributed by atoms with Gasteiger partial charge in [0.25, 0.3) is 0 Å². The second kappa shape index (κ2) is 7.88. The van der Waals surface area contributed by atoms with E-state index in [1.54, 1.807) is 6.21 Å². The van der Waals surface area contributed by atoms with Gasteiger partial charge in [-0.2, -0.15) is 5.10 Å². The average Bonchev–Trinajstić information content (AvgIpc) is 2.74. The van der Waals surface area contributed by atoms with Crippen molar-refractivity contribution in [2.24, 2.45) is 5.10 Å². The first kappa shape index (κ1) is 17.7. The summed E-state index contributed by atoms with van der Waals surface area (Å²) in [6.45, 7) is 0. The predicted octanol–water partition coefficient (Wildman–Crippen LogP) is 4.81. The first-order chi connectivity index (χ1) is 13.7. The molecule has 3 aromatic carbocycles. The second-order valence-electron chi connectivity index (χ2n) is 6.63. The van der Waals surface area contributed by atoms with Gasteiger partial charge in [0.2, 0.25) is 5.95 Å². The van der Waals surface area contributed by atoms with Crippen LogP contribution in [0.25, 0.3) is 22.2 Å². The van der Waals surface area contributed by atoms with Gasteiger partial charge >= 0.3 is 0 Å². The van der Waals surface area contributed by atoms with E-state index in [4.69, 9.17) is 4.98 Å². The number of fused-ring (bicyclic) bond motifs is 1. The summed E-state index contributed by atoms with van der Waals surface area (Å²) in [5.74, 6) is 0.471. The number of nitrogens with zero attached hydrogens (tertiary/aromatic N) is 4. The van der Waals surface area contributed by atoms with E-state index in [9.17, 15) is 0 Å². The summed E-state index contributed by atoms with van der Waals surface area (Å²) in [6.07, 6.45) is 1.76. The molecule has 0 unspecified atom stereocenters. The highest BCUT2D eigenvalue weighted by Gasteiger charge is 2.08. The van der Waals surface area contributed by atoms with Crippen LogP contribution in [0.3, 0.4) is 0 Å². The maximum Gasteiger partial charge on any atom is 0.244 e. The van der Waals surface area contributed by atoms with Crippen LogP contribution in [-0.2, 0) is 0 Å². The number of benzene rings is 3. The molecule has 1 heterocycles. The van der Waals surface area contributed by atoms with Crippen LogP contribution >= 0.6 is 0 Å². The zero-order valence-corrected chi connectivity index (χ0v) is 15.9. The Morgan fingerprint density at radius 3 is 2.29 bits per heavy atom. The van der Waals surface area contributed by atoms with Crippen LogP contribution in [-0.4, -0.2) is 30.3 Å². The molecule has 0 amide bonds. The fraction of sp³-hybridized carbons (Fsp3) is 0.0870. The Labute approximate surface area is 164 Å². The van der Waals surface area contributed by atoms with Gasteiger partial charge in [-0.25, -0.2) is 15.4 Å². The van der Waals surface area contributed by atoms with E-state index in [1.807, 2.05) is 80.8 Å². The quantitative estimate of drug-likeness (QED) is 0.406. The van der Waals surface area contributed by atoms with E-state index in [1.165, 1.54) is 0 Å². The predicted molar refractivity (Wildman–Crippen MR) is 117 cm³/mol. The molecular formula is C23H21N5. The molecule has 1 N–H and O–H groups in total. The molecule has 1 aromatic heterocycles. The average molecular weight is 367 g/mol. The van der Waals surface area contributed by atoms with Crippen molar-refractivity contribution in [1.29, 1.82) is 0 Å². The molecule has 138 valence electrons. The van der Waals surface area contributed by atoms with Crippen molar-refractivity contribution in [3.8, 4) is 11.3 Å². The number of hydrazone groups is 1. The number of rotatable bonds is 5. The highest BCUT2D eigenvalue weighted by atomic mass is 15.3. The SMILES string of the molecule is CN(C)c1ccc(/C=N/Nc2nc(-c3ccccc3)c3ccccc3n2)cc1. The molecule has 0 fully saturated rings. The first-order valence-electron chi connectivity index (χ1n) is 9.09. The number of nitrogens with one attached hydrogen (secondary N) is 1. The van der Waals surface area contributed by atoms with Crippen LogP contribution in [0.4, 0.5) is 11.6 Å². The van der Waals surface area contributed by atoms with E-state index in [0.29, 0.717) is 5.95 Å². The highest BCUT2D eigenvalue weighted by molar-refractivity contribution is 5.93. The molecule has 0 radical (unpaired) electrons. The van der Waals surface area contributed by atoms with E-state index in [-0.39, 0.29) is 0 Å². The summed E-state index contributed by atoms with van der Waals surface area (Å²) < 4.78 is 0. The van der Waals surface area contributed by atoms with Gasteiger partial charge in [-0.1, -0.05) is 60.7 Å². The molecule has 4 aromatic rings. The summed E-state index contributed by atoms with van der Waals surface area (Å²) in [4.78, 5) is 11.3. The largest absolute Gasteiger partial charge is 0.378 e. The van der Waals surface area contributed by atoms with Gasteiger partial charge in [0.05, 0.1) is 17.4 Å². The Balaban J connectivity index is 1.62. The van der Waals surface area contributed by atoms with Gasteiger partial charge < -0.3 is 4.90 Å². The number of para-hydroxylation sites is 1. The summed E-state index contributed by atoms with van der Waals surface area (Å²) in [7, 11) is 4.04. The normalized spacial score (nSPS) is 11.1. The van der Waals surface area contributed by atoms with Crippen LogP contribution in [0.2, 0.25) is 0 Å². The Hall–Kier alpha value is -3.73. The summed E-state index contributed by atoms with van der Waals surface area (Å²) in [5, 5.41) is 5.33. The van der Waals surface area contributed by atoms with Gasteiger partial charge in [-0.3, -0.25) is 0 Å². The van der Waals surface area contributed by atoms with E-state index in [2.05, 4.69) is 32.5 Å². The van der Waals surface area contributed by atoms with Crippen LogP contribution in [0.5, 0.6) is 0 Å². The first-order valence-corrected chi connectivity index (χ1v) is 9.09. The fourth-order valence-electron chi connectivity index (χ4n) is 2.97. The molecule has 0 atom stereocenters. The Morgan fingerprint density at radius 2 is 1.54 bits per heavy atom. The van der Waals surface area contributed by atoms with E-state index < -0.39 is 0 Å². The zero-order valence-electron chi connectivity index (χ0n) is 15.9. The molecule has 5 nitrogen and oxygen atoms in total. The van der Waals surface area contributed by atoms with Crippen LogP contribution in [0.1, 0.15) is 5.56 Å². The van der Waals surface area contributed by atoms with Crippen molar-refractivity contribution in [3.63, 3.8) is 0 Å². The van der Waals surface area contributed by atoms with Crippen LogP contribution in [0.15, 0.2) is 84.0 Å². The van der Waals surface area contributed by atoms with E-state index in [0.717, 1.165) is 33.4 Å². The minimum absolute atomic E-state index is 0.471. The van der Waals surface area contributed by atoms with E-state index >= 15 is 0 Å². The zero-order chi connectivity index (χ0) is 19.3. The second-order valence-corrected chi connectivity index (χ2v) is 6.63. The third-order valence-electron chi connectivity index (χ3n) is 4.44. The number of anilines is 2. The van der Waals surface area contributed by atoms with Crippen molar-refractivity contribution >= 4 is 28.8 Å². The molecule has 0 aliphatic heterocycles. The summed E-state index contributed by atoms with van der Waals surface area (Å²) >= 11 is 0. The minimum atomic E-state index is 0.471. The number of hydrogen-bond donors (Lipinski definition) is 1. The van der Waals surface area contributed by atoms with Crippen LogP contribution in [0, 0.1) is 0 Å². The maximum atomic E-state index is 4.70. The Bertz CT molecular complexity index is 1100. The van der Waals surface area contributed by atoms with Crippen molar-refractivity contribution in [2.75, 3.05) is 24.4 Å². The van der Waals surface area contributed by atoms with Gasteiger partial charge in [-0.05, 0) is 23.8 Å². The third kappa shape index (κ3) is 3.83. The topological polar surface area (TPSA) is 53.4 Å². The monoisotopic (exact) mass is 367 g/mol. The molecule has 0 saturated heterocycles. The Morgan fingerprint density at radius 1 is 0.821 bits per heavy atom. The van der Waals surface area contributed by atoms with Gasteiger partial charge in [-0.15, -0.1) is 0 Å². The van der Waals surface area contributed by atoms with Crippen molar-refractivity contribution in [3.05, 3.63) is 84.4 Å². The lowest BCUT2D eigenvalue weighted by atomic mass is 10.1. The smallest absolute Gasteiger partial charge is 0.244 e. The van der Waals surface area contributed by atoms with Crippen molar-refractivity contribution in [2.45, 2.75) is 0 Å². The van der Waals surface area contributed by atoms with Crippen molar-refractivity contribution < 1.29 is 0 Å². The lowest BCUT2D eigenvalue weighted by molar-refractivity contribution is 1.13. The van der Waals surface area contributed by atoms with Crippen LogP contribution < -0.4 is 10.3 Å². The molecule has 28 heavy (non-hydrogen) atoms. The van der Waals surface area contributed by atoms with Crippen molar-refractivity contribution in [1.82, 2.24) is 9.97 Å². The molecule has 0 spiro atoms. The highest BCUT2D eigenvalue weighted by Crippen LogP contribution is 2.26. The lowest BCUT2D eigenvalue weighted by Crippen LogP contribution is -2.08. The molecule has 0 bridgehead atoms. The summed E-state index contributed by atoms with van der Waals surface area (Å²) in [5.41, 5.74) is 7.94. The molecular weight excluding hydrogens is 346 g/mol. The molecule has 4 rings (SSSR count). The Kier molecular flexibility index (Phi) is 4.97. The molecule has 5 heteroatoms. The standard InChI is InChI=1S/C23H21N5/c1-28(2)19-14-12-17(13-15-19)16-24-27-23-25-21-11-7-6-10-20(21)22(26-23)18-8-4-3-5-9-18/h3-16H,1-2H3,(H,25,26,27)/b24-16+. The maximum absolute atomic E-state index is 4.70. The summed E-state index contributed by atoms with van der Waals surface area (Å²) in [6, 6.07) is 26.3. The number of aromatic nitrogens is 2. The molecule has 0 aliphatic rings. The van der Waals surface area contributed by atoms with Gasteiger partial charge in [0.15, 0.2) is 0 Å². The molecule has 0 aliphatic carbocycles. The fourth-order valence-corrected chi connectivity index (χ4v) is 2.97. The van der Waals surface area contributed by atoms with Gasteiger partial charge in [0.1, 0.15) is 0 Å².